The van der Waals surface area contributed by atoms with Crippen molar-refractivity contribution in [1.29, 1.82) is 0 Å². The summed E-state index contributed by atoms with van der Waals surface area (Å²) in [6.07, 6.45) is 7.69. The number of hydrogen-bond acceptors (Lipinski definition) is 3. The molecule has 1 aliphatic rings. The van der Waals surface area contributed by atoms with Crippen molar-refractivity contribution >= 4 is 5.91 Å². The number of amides is 1. The molecule has 4 rings (SSSR count). The van der Waals surface area contributed by atoms with Crippen LogP contribution in [-0.2, 0) is 7.05 Å². The molecule has 0 unspecified atom stereocenters. The Morgan fingerprint density at radius 1 is 1.07 bits per heavy atom. The van der Waals surface area contributed by atoms with Crippen molar-refractivity contribution in [2.24, 2.45) is 7.05 Å². The lowest BCUT2D eigenvalue weighted by molar-refractivity contribution is 0.0712. The molecule has 6 nitrogen and oxygen atoms in total. The number of benzene rings is 1. The van der Waals surface area contributed by atoms with Crippen molar-refractivity contribution in [2.75, 3.05) is 13.1 Å². The monoisotopic (exact) mass is 377 g/mol. The minimum atomic E-state index is 0.0821. The van der Waals surface area contributed by atoms with Crippen LogP contribution in [0.1, 0.15) is 51.5 Å². The van der Waals surface area contributed by atoms with Gasteiger partial charge in [0.2, 0.25) is 0 Å². The van der Waals surface area contributed by atoms with Crippen LogP contribution in [0.2, 0.25) is 0 Å². The molecule has 1 aromatic carbocycles. The van der Waals surface area contributed by atoms with Crippen LogP contribution in [0.25, 0.3) is 5.69 Å². The molecule has 1 fully saturated rings. The van der Waals surface area contributed by atoms with Gasteiger partial charge in [0, 0.05) is 26.3 Å². The molecule has 28 heavy (non-hydrogen) atoms. The normalized spacial score (nSPS) is 15.2. The number of piperidine rings is 1. The van der Waals surface area contributed by atoms with Gasteiger partial charge in [-0.15, -0.1) is 0 Å². The van der Waals surface area contributed by atoms with Gasteiger partial charge in [0.1, 0.15) is 0 Å². The molecule has 1 amide bonds. The van der Waals surface area contributed by atoms with Gasteiger partial charge in [-0.1, -0.05) is 12.1 Å². The van der Waals surface area contributed by atoms with Crippen molar-refractivity contribution < 1.29 is 4.79 Å². The molecule has 0 spiro atoms. The van der Waals surface area contributed by atoms with E-state index in [1.807, 2.05) is 34.4 Å². The van der Waals surface area contributed by atoms with Crippen molar-refractivity contribution in [3.63, 3.8) is 0 Å². The van der Waals surface area contributed by atoms with E-state index in [0.29, 0.717) is 11.5 Å². The Morgan fingerprint density at radius 3 is 2.50 bits per heavy atom. The van der Waals surface area contributed by atoms with Crippen LogP contribution in [0.3, 0.4) is 0 Å². The number of rotatable bonds is 3. The van der Waals surface area contributed by atoms with Crippen molar-refractivity contribution in [3.8, 4) is 5.69 Å². The molecule has 0 aliphatic carbocycles. The first-order valence-corrected chi connectivity index (χ1v) is 9.84. The first kappa shape index (κ1) is 18.5. The molecule has 146 valence electrons. The Kier molecular flexibility index (Phi) is 4.79. The molecule has 3 heterocycles. The molecular weight excluding hydrogens is 350 g/mol. The SMILES string of the molecule is Cc1ccc(C)c(-n2ncc(C(=O)N3CCC(c4cnn(C)c4)CC3)c2C)c1. The van der Waals surface area contributed by atoms with Crippen LogP contribution in [0.4, 0.5) is 0 Å². The lowest BCUT2D eigenvalue weighted by atomic mass is 9.91. The van der Waals surface area contributed by atoms with Crippen molar-refractivity contribution in [3.05, 3.63) is 64.7 Å². The lowest BCUT2D eigenvalue weighted by Gasteiger charge is -2.31. The predicted molar refractivity (Wildman–Crippen MR) is 109 cm³/mol. The molecule has 0 bridgehead atoms. The van der Waals surface area contributed by atoms with Crippen molar-refractivity contribution in [1.82, 2.24) is 24.5 Å². The smallest absolute Gasteiger partial charge is 0.257 e. The summed E-state index contributed by atoms with van der Waals surface area (Å²) in [6.45, 7) is 7.66. The van der Waals surface area contributed by atoms with Crippen LogP contribution in [0.15, 0.2) is 36.8 Å². The number of aryl methyl sites for hydroxylation is 3. The molecule has 1 saturated heterocycles. The second-order valence-corrected chi connectivity index (χ2v) is 7.86. The maximum Gasteiger partial charge on any atom is 0.257 e. The van der Waals surface area contributed by atoms with Gasteiger partial charge in [0.15, 0.2) is 0 Å². The third-order valence-corrected chi connectivity index (χ3v) is 5.81. The third kappa shape index (κ3) is 3.35. The minimum Gasteiger partial charge on any atom is -0.338 e. The maximum absolute atomic E-state index is 13.1. The third-order valence-electron chi connectivity index (χ3n) is 5.81. The second kappa shape index (κ2) is 7.26. The van der Waals surface area contributed by atoms with E-state index >= 15 is 0 Å². The van der Waals surface area contributed by atoms with Crippen LogP contribution >= 0.6 is 0 Å². The average Bonchev–Trinajstić information content (AvgIpc) is 3.29. The number of aromatic nitrogens is 4. The summed E-state index contributed by atoms with van der Waals surface area (Å²) in [5.41, 5.74) is 6.23. The van der Waals surface area contributed by atoms with Crippen LogP contribution < -0.4 is 0 Å². The highest BCUT2D eigenvalue weighted by atomic mass is 16.2. The standard InChI is InChI=1S/C22H27N5O/c1-15-5-6-16(2)21(11-15)27-17(3)20(13-24-27)22(28)26-9-7-18(8-10-26)19-12-23-25(4)14-19/h5-6,11-14,18H,7-10H2,1-4H3. The van der Waals surface area contributed by atoms with E-state index in [0.717, 1.165) is 42.9 Å². The Labute approximate surface area is 165 Å². The molecule has 0 N–H and O–H groups in total. The summed E-state index contributed by atoms with van der Waals surface area (Å²) in [5, 5.41) is 8.80. The molecule has 6 heteroatoms. The van der Waals surface area contributed by atoms with Gasteiger partial charge >= 0.3 is 0 Å². The second-order valence-electron chi connectivity index (χ2n) is 7.86. The fourth-order valence-corrected chi connectivity index (χ4v) is 4.05. The van der Waals surface area contributed by atoms with Crippen molar-refractivity contribution in [2.45, 2.75) is 39.5 Å². The summed E-state index contributed by atoms with van der Waals surface area (Å²) < 4.78 is 3.73. The van der Waals surface area contributed by atoms with E-state index in [-0.39, 0.29) is 5.91 Å². The first-order chi connectivity index (χ1) is 13.4. The maximum atomic E-state index is 13.1. The van der Waals surface area contributed by atoms with Gasteiger partial charge in [-0.25, -0.2) is 4.68 Å². The van der Waals surface area contributed by atoms with Gasteiger partial charge < -0.3 is 4.90 Å². The van der Waals surface area contributed by atoms with E-state index < -0.39 is 0 Å². The summed E-state index contributed by atoms with van der Waals surface area (Å²) in [6, 6.07) is 6.30. The largest absolute Gasteiger partial charge is 0.338 e. The summed E-state index contributed by atoms with van der Waals surface area (Å²) in [4.78, 5) is 15.1. The summed E-state index contributed by atoms with van der Waals surface area (Å²) in [5.74, 6) is 0.565. The molecule has 1 aliphatic heterocycles. The van der Waals surface area contributed by atoms with E-state index in [2.05, 4.69) is 48.4 Å². The lowest BCUT2D eigenvalue weighted by Crippen LogP contribution is -2.38. The first-order valence-electron chi connectivity index (χ1n) is 9.84. The Morgan fingerprint density at radius 2 is 1.82 bits per heavy atom. The fourth-order valence-electron chi connectivity index (χ4n) is 4.05. The van der Waals surface area contributed by atoms with Crippen LogP contribution in [0, 0.1) is 20.8 Å². The zero-order valence-electron chi connectivity index (χ0n) is 17.0. The number of carbonyl (C=O) groups is 1. The minimum absolute atomic E-state index is 0.0821. The molecule has 0 atom stereocenters. The topological polar surface area (TPSA) is 56.0 Å². The van der Waals surface area contributed by atoms with Crippen LogP contribution in [-0.4, -0.2) is 43.5 Å². The highest BCUT2D eigenvalue weighted by Gasteiger charge is 2.27. The van der Waals surface area contributed by atoms with Gasteiger partial charge in [0.05, 0.1) is 29.3 Å². The highest BCUT2D eigenvalue weighted by Crippen LogP contribution is 2.29. The molecule has 0 radical (unpaired) electrons. The average molecular weight is 377 g/mol. The fraction of sp³-hybridized carbons (Fsp3) is 0.409. The van der Waals surface area contributed by atoms with Gasteiger partial charge in [-0.05, 0) is 62.3 Å². The van der Waals surface area contributed by atoms with E-state index in [9.17, 15) is 4.79 Å². The Bertz CT molecular complexity index is 1010. The predicted octanol–water partition coefficient (Wildman–Crippen LogP) is 3.55. The highest BCUT2D eigenvalue weighted by molar-refractivity contribution is 5.95. The number of nitrogens with zero attached hydrogens (tertiary/aromatic N) is 5. The van der Waals surface area contributed by atoms with E-state index in [1.165, 1.54) is 11.1 Å². The molecular formula is C22H27N5O. The van der Waals surface area contributed by atoms with E-state index in [1.54, 1.807) is 6.20 Å². The molecule has 0 saturated carbocycles. The van der Waals surface area contributed by atoms with E-state index in [4.69, 9.17) is 0 Å². The molecule has 3 aromatic rings. The zero-order valence-corrected chi connectivity index (χ0v) is 17.0. The van der Waals surface area contributed by atoms with Gasteiger partial charge in [0.25, 0.3) is 5.91 Å². The summed E-state index contributed by atoms with van der Waals surface area (Å²) in [7, 11) is 1.94. The zero-order chi connectivity index (χ0) is 19.8. The number of hydrogen-bond donors (Lipinski definition) is 0. The quantitative estimate of drug-likeness (QED) is 0.701. The number of carbonyl (C=O) groups excluding carboxylic acids is 1. The Hall–Kier alpha value is -2.89. The van der Waals surface area contributed by atoms with Crippen LogP contribution in [0.5, 0.6) is 0 Å². The summed E-state index contributed by atoms with van der Waals surface area (Å²) >= 11 is 0. The Balaban J connectivity index is 1.50. The molecule has 2 aromatic heterocycles. The van der Waals surface area contributed by atoms with Gasteiger partial charge in [-0.3, -0.25) is 9.48 Å². The van der Waals surface area contributed by atoms with Gasteiger partial charge in [-0.2, -0.15) is 10.2 Å². The number of likely N-dealkylation sites (tertiary alicyclic amines) is 1.